The minimum Gasteiger partial charge on any atom is -0.726 e. The molecule has 2 aromatic rings. The molecule has 0 fully saturated rings. The maximum absolute atomic E-state index is 13.4. The summed E-state index contributed by atoms with van der Waals surface area (Å²) in [5.74, 6) is -7.10. The van der Waals surface area contributed by atoms with E-state index in [-0.39, 0.29) is 0 Å². The molecule has 24 heavy (non-hydrogen) atoms. The lowest BCUT2D eigenvalue weighted by Gasteiger charge is -1.96. The summed E-state index contributed by atoms with van der Waals surface area (Å²) in [6, 6.07) is 1.71. The molecule has 0 spiro atoms. The first-order chi connectivity index (χ1) is 10.9. The van der Waals surface area contributed by atoms with Gasteiger partial charge in [0, 0.05) is 24.3 Å². The van der Waals surface area contributed by atoms with Crippen molar-refractivity contribution in [1.29, 1.82) is 0 Å². The van der Waals surface area contributed by atoms with Crippen LogP contribution in [0.4, 0.5) is 26.3 Å². The van der Waals surface area contributed by atoms with Gasteiger partial charge < -0.3 is 4.55 Å². The van der Waals surface area contributed by atoms with Crippen LogP contribution in [0.3, 0.4) is 0 Å². The molecule has 132 valence electrons. The van der Waals surface area contributed by atoms with Crippen LogP contribution in [-0.2, 0) is 10.4 Å². The van der Waals surface area contributed by atoms with Gasteiger partial charge in [0.05, 0.1) is 0 Å². The summed E-state index contributed by atoms with van der Waals surface area (Å²) in [7, 11) is -4.92. The lowest BCUT2D eigenvalue weighted by molar-refractivity contribution is -0.609. The van der Waals surface area contributed by atoms with Crippen LogP contribution >= 0.6 is 0 Å². The lowest BCUT2D eigenvalue weighted by atomic mass is 10.3. The van der Waals surface area contributed by atoms with Crippen LogP contribution in [0.25, 0.3) is 0 Å². The van der Waals surface area contributed by atoms with Crippen LogP contribution in [0.5, 0.6) is 0 Å². The largest absolute Gasteiger partial charge is 0.726 e. The van der Waals surface area contributed by atoms with Gasteiger partial charge in [-0.3, -0.25) is 4.55 Å². The maximum Gasteiger partial charge on any atom is 0.370 e. The zero-order chi connectivity index (χ0) is 18.7. The first-order valence-corrected chi connectivity index (χ1v) is 9.03. The van der Waals surface area contributed by atoms with Crippen molar-refractivity contribution < 1.29 is 65.1 Å². The quantitative estimate of drug-likeness (QED) is 0.157. The molecule has 2 aromatic carbocycles. The molecule has 4 nitrogen and oxygen atoms in total. The summed E-state index contributed by atoms with van der Waals surface area (Å²) in [5, 5.41) is 0. The molecule has 0 saturated heterocycles. The van der Waals surface area contributed by atoms with Crippen LogP contribution in [0.15, 0.2) is 24.3 Å². The standard InChI is InChI=1S/C12H4F6I.H2O4S/c13-5-1-7(15)11(8(16)2-5)19-12-9(17)3-6(14)4-10(12)18;1-5(2,3)4/h1-4H;(H2,1,2,3,4)/q+1;/p-1. The highest BCUT2D eigenvalue weighted by Gasteiger charge is 2.33. The van der Waals surface area contributed by atoms with Crippen molar-refractivity contribution in [3.05, 3.63) is 66.3 Å². The normalized spacial score (nSPS) is 11.0. The van der Waals surface area contributed by atoms with E-state index in [2.05, 4.69) is 0 Å². The van der Waals surface area contributed by atoms with E-state index in [1.807, 2.05) is 0 Å². The van der Waals surface area contributed by atoms with Crippen LogP contribution in [0.2, 0.25) is 0 Å². The van der Waals surface area contributed by atoms with Crippen LogP contribution in [-0.4, -0.2) is 17.5 Å². The zero-order valence-corrected chi connectivity index (χ0v) is 14.0. The topological polar surface area (TPSA) is 77.4 Å². The first-order valence-electron chi connectivity index (χ1n) is 5.50. The van der Waals surface area contributed by atoms with Gasteiger partial charge in [-0.15, -0.1) is 0 Å². The predicted octanol–water partition coefficient (Wildman–Crippen LogP) is -0.346. The number of benzene rings is 2. The minimum absolute atomic E-state index is 0.428. The smallest absolute Gasteiger partial charge is 0.370 e. The summed E-state index contributed by atoms with van der Waals surface area (Å²) >= 11 is -1.92. The van der Waals surface area contributed by atoms with Crippen LogP contribution < -0.4 is 21.2 Å². The molecule has 0 saturated carbocycles. The maximum atomic E-state index is 13.4. The number of halogens is 7. The van der Waals surface area contributed by atoms with E-state index >= 15 is 0 Å². The van der Waals surface area contributed by atoms with Crippen molar-refractivity contribution in [2.75, 3.05) is 0 Å². The third kappa shape index (κ3) is 6.62. The highest BCUT2D eigenvalue weighted by Crippen LogP contribution is 2.08. The zero-order valence-electron chi connectivity index (χ0n) is 11.0. The summed E-state index contributed by atoms with van der Waals surface area (Å²) in [6.45, 7) is 0. The first kappa shape index (κ1) is 20.7. The molecule has 0 heterocycles. The second kappa shape index (κ2) is 8.13. The Kier molecular flexibility index (Phi) is 7.00. The summed E-state index contributed by atoms with van der Waals surface area (Å²) in [4.78, 5) is 0. The number of rotatable bonds is 2. The Morgan fingerprint density at radius 1 is 0.750 bits per heavy atom. The molecule has 0 radical (unpaired) electrons. The second-order valence-corrected chi connectivity index (χ2v) is 7.44. The lowest BCUT2D eigenvalue weighted by Crippen LogP contribution is -3.62. The average molecular weight is 486 g/mol. The summed E-state index contributed by atoms with van der Waals surface area (Å²) < 4.78 is 111. The van der Waals surface area contributed by atoms with Crippen LogP contribution in [0, 0.1) is 42.0 Å². The minimum atomic E-state index is -4.92. The molecular weight excluding hydrogens is 481 g/mol. The van der Waals surface area contributed by atoms with Gasteiger partial charge in [-0.05, 0) is 0 Å². The van der Waals surface area contributed by atoms with E-state index in [4.69, 9.17) is 17.5 Å². The SMILES string of the molecule is Fc1cc(F)c([I+]c2c(F)cc(F)cc2F)c(F)c1.O=S(=O)([O-])O. The molecule has 0 aliphatic rings. The van der Waals surface area contributed by atoms with Crippen molar-refractivity contribution in [3.8, 4) is 0 Å². The van der Waals surface area contributed by atoms with Crippen LogP contribution in [0.1, 0.15) is 0 Å². The van der Waals surface area contributed by atoms with Gasteiger partial charge in [0.2, 0.25) is 10.4 Å². The highest BCUT2D eigenvalue weighted by atomic mass is 127. The monoisotopic (exact) mass is 486 g/mol. The fourth-order valence-electron chi connectivity index (χ4n) is 1.32. The Balaban J connectivity index is 0.000000505. The molecule has 12 heteroatoms. The summed E-state index contributed by atoms with van der Waals surface area (Å²) in [6.07, 6.45) is 0. The molecule has 1 N–H and O–H groups in total. The second-order valence-electron chi connectivity index (χ2n) is 3.89. The Morgan fingerprint density at radius 3 is 1.17 bits per heavy atom. The van der Waals surface area contributed by atoms with E-state index in [0.717, 1.165) is 0 Å². The van der Waals surface area contributed by atoms with E-state index in [0.29, 0.717) is 24.3 Å². The fraction of sp³-hybridized carbons (Fsp3) is 0. The van der Waals surface area contributed by atoms with Gasteiger partial charge in [-0.25, -0.2) is 34.8 Å². The van der Waals surface area contributed by atoms with Gasteiger partial charge in [0.1, 0.15) is 11.6 Å². The van der Waals surface area contributed by atoms with Crippen molar-refractivity contribution in [2.24, 2.45) is 0 Å². The van der Waals surface area contributed by atoms with Gasteiger partial charge >= 0.3 is 21.2 Å². The molecule has 2 rings (SSSR count). The molecule has 0 aromatic heterocycles. The molecule has 0 bridgehead atoms. The molecule has 0 unspecified atom stereocenters. The van der Waals surface area contributed by atoms with E-state index in [1.54, 1.807) is 0 Å². The Bertz CT molecular complexity index is 749. The van der Waals surface area contributed by atoms with Crippen molar-refractivity contribution in [1.82, 2.24) is 0 Å². The molecule has 0 atom stereocenters. The molecule has 0 amide bonds. The number of hydrogen-bond acceptors (Lipinski definition) is 3. The average Bonchev–Trinajstić information content (AvgIpc) is 2.33. The summed E-state index contributed by atoms with van der Waals surface area (Å²) in [5.41, 5.74) is 0. The third-order valence-electron chi connectivity index (χ3n) is 2.09. The van der Waals surface area contributed by atoms with Crippen molar-refractivity contribution >= 4 is 10.4 Å². The van der Waals surface area contributed by atoms with E-state index < -0.39 is 73.6 Å². The van der Waals surface area contributed by atoms with Crippen molar-refractivity contribution in [2.45, 2.75) is 0 Å². The third-order valence-corrected chi connectivity index (χ3v) is 5.23. The fourth-order valence-corrected chi connectivity index (χ4v) is 3.52. The van der Waals surface area contributed by atoms with Crippen molar-refractivity contribution in [3.63, 3.8) is 0 Å². The van der Waals surface area contributed by atoms with Gasteiger partial charge in [-0.2, -0.15) is 0 Å². The van der Waals surface area contributed by atoms with E-state index in [1.165, 1.54) is 0 Å². The Labute approximate surface area is 142 Å². The Morgan fingerprint density at radius 2 is 0.958 bits per heavy atom. The molecular formula is C12H5F6IO4S. The van der Waals surface area contributed by atoms with Gasteiger partial charge in [-0.1, -0.05) is 0 Å². The predicted molar refractivity (Wildman–Crippen MR) is 62.4 cm³/mol. The highest BCUT2D eigenvalue weighted by molar-refractivity contribution is 7.79. The van der Waals surface area contributed by atoms with Gasteiger partial charge in [0.15, 0.2) is 23.3 Å². The molecule has 0 aliphatic heterocycles. The Hall–Kier alpha value is -1.38. The molecule has 0 aliphatic carbocycles. The number of hydrogen-bond donors (Lipinski definition) is 1. The van der Waals surface area contributed by atoms with Gasteiger partial charge in [0.25, 0.3) is 7.14 Å². The van der Waals surface area contributed by atoms with E-state index in [9.17, 15) is 26.3 Å².